The van der Waals surface area contributed by atoms with E-state index in [9.17, 15) is 0 Å². The van der Waals surface area contributed by atoms with Crippen molar-refractivity contribution in [2.24, 2.45) is 5.73 Å². The molecular weight excluding hydrogens is 270 g/mol. The minimum absolute atomic E-state index is 0.574. The number of benzene rings is 2. The molecule has 0 atom stereocenters. The topological polar surface area (TPSA) is 35.2 Å². The summed E-state index contributed by atoms with van der Waals surface area (Å²) in [6.45, 7) is 1.26. The number of halogens is 1. The summed E-state index contributed by atoms with van der Waals surface area (Å²) in [5.41, 5.74) is 7.96. The van der Waals surface area contributed by atoms with Crippen molar-refractivity contribution in [3.8, 4) is 5.75 Å². The second kappa shape index (κ2) is 7.93. The second-order valence-electron chi connectivity index (χ2n) is 4.69. The van der Waals surface area contributed by atoms with Crippen molar-refractivity contribution >= 4 is 11.6 Å². The first-order valence-corrected chi connectivity index (χ1v) is 7.33. The van der Waals surface area contributed by atoms with Gasteiger partial charge in [0, 0.05) is 10.6 Å². The lowest BCUT2D eigenvalue weighted by Gasteiger charge is -2.12. The predicted molar refractivity (Wildman–Crippen MR) is 84.5 cm³/mol. The van der Waals surface area contributed by atoms with E-state index in [2.05, 4.69) is 24.3 Å². The van der Waals surface area contributed by atoms with Gasteiger partial charge in [0.2, 0.25) is 0 Å². The quantitative estimate of drug-likeness (QED) is 0.786. The zero-order chi connectivity index (χ0) is 14.2. The first-order chi connectivity index (χ1) is 9.81. The number of hydrogen-bond acceptors (Lipinski definition) is 2. The van der Waals surface area contributed by atoms with E-state index < -0.39 is 0 Å². The molecule has 0 bridgehead atoms. The van der Waals surface area contributed by atoms with Crippen LogP contribution < -0.4 is 10.5 Å². The molecule has 2 aromatic carbocycles. The summed E-state index contributed by atoms with van der Waals surface area (Å²) in [6, 6.07) is 16.2. The fourth-order valence-electron chi connectivity index (χ4n) is 2.16. The van der Waals surface area contributed by atoms with Crippen LogP contribution in [0.2, 0.25) is 5.02 Å². The summed E-state index contributed by atoms with van der Waals surface area (Å²) < 4.78 is 5.85. The SMILES string of the molecule is NCCc1c(Cl)cccc1OCCCc1ccccc1. The van der Waals surface area contributed by atoms with Crippen LogP contribution in [0.5, 0.6) is 5.75 Å². The molecule has 0 aromatic heterocycles. The van der Waals surface area contributed by atoms with Crippen LogP contribution in [0.15, 0.2) is 48.5 Å². The third kappa shape index (κ3) is 4.26. The lowest BCUT2D eigenvalue weighted by molar-refractivity contribution is 0.308. The highest BCUT2D eigenvalue weighted by Crippen LogP contribution is 2.26. The summed E-state index contributed by atoms with van der Waals surface area (Å²) in [6.07, 6.45) is 2.75. The van der Waals surface area contributed by atoms with E-state index in [4.69, 9.17) is 22.1 Å². The van der Waals surface area contributed by atoms with Gasteiger partial charge in [-0.05, 0) is 43.5 Å². The van der Waals surface area contributed by atoms with Gasteiger partial charge in [-0.1, -0.05) is 48.0 Å². The van der Waals surface area contributed by atoms with Crippen molar-refractivity contribution < 1.29 is 4.74 Å². The van der Waals surface area contributed by atoms with Gasteiger partial charge >= 0.3 is 0 Å². The standard InChI is InChI=1S/C17H20ClNO/c18-16-9-4-10-17(15(16)11-12-19)20-13-5-8-14-6-2-1-3-7-14/h1-4,6-7,9-10H,5,8,11-13,19H2. The Labute approximate surface area is 125 Å². The van der Waals surface area contributed by atoms with Crippen molar-refractivity contribution in [1.29, 1.82) is 0 Å². The number of ether oxygens (including phenoxy) is 1. The zero-order valence-electron chi connectivity index (χ0n) is 11.5. The Morgan fingerprint density at radius 2 is 1.75 bits per heavy atom. The molecule has 0 aliphatic heterocycles. The monoisotopic (exact) mass is 289 g/mol. The number of nitrogens with two attached hydrogens (primary N) is 1. The first kappa shape index (κ1) is 14.9. The van der Waals surface area contributed by atoms with Crippen molar-refractivity contribution in [3.63, 3.8) is 0 Å². The van der Waals surface area contributed by atoms with E-state index >= 15 is 0 Å². The van der Waals surface area contributed by atoms with Crippen LogP contribution in [0.4, 0.5) is 0 Å². The third-order valence-corrected chi connectivity index (χ3v) is 3.53. The first-order valence-electron chi connectivity index (χ1n) is 6.95. The van der Waals surface area contributed by atoms with Gasteiger partial charge in [-0.25, -0.2) is 0 Å². The van der Waals surface area contributed by atoms with Gasteiger partial charge in [-0.15, -0.1) is 0 Å². The smallest absolute Gasteiger partial charge is 0.124 e. The van der Waals surface area contributed by atoms with Crippen molar-refractivity contribution in [1.82, 2.24) is 0 Å². The molecule has 0 aliphatic carbocycles. The van der Waals surface area contributed by atoms with Gasteiger partial charge in [0.05, 0.1) is 6.61 Å². The average Bonchev–Trinajstić information content (AvgIpc) is 2.48. The van der Waals surface area contributed by atoms with E-state index in [0.29, 0.717) is 13.2 Å². The van der Waals surface area contributed by atoms with Crippen molar-refractivity contribution in [2.75, 3.05) is 13.2 Å². The molecule has 0 unspecified atom stereocenters. The van der Waals surface area contributed by atoms with E-state index in [1.807, 2.05) is 24.3 Å². The van der Waals surface area contributed by atoms with Crippen molar-refractivity contribution in [3.05, 3.63) is 64.7 Å². The fourth-order valence-corrected chi connectivity index (χ4v) is 2.42. The largest absolute Gasteiger partial charge is 0.493 e. The Morgan fingerprint density at radius 1 is 0.950 bits per heavy atom. The molecular formula is C17H20ClNO. The molecule has 0 saturated heterocycles. The van der Waals surface area contributed by atoms with E-state index in [1.54, 1.807) is 0 Å². The maximum atomic E-state index is 6.18. The van der Waals surface area contributed by atoms with Crippen LogP contribution in [0.1, 0.15) is 17.5 Å². The minimum atomic E-state index is 0.574. The van der Waals surface area contributed by atoms with E-state index in [1.165, 1.54) is 5.56 Å². The van der Waals surface area contributed by atoms with Crippen LogP contribution in [0, 0.1) is 0 Å². The second-order valence-corrected chi connectivity index (χ2v) is 5.10. The highest BCUT2D eigenvalue weighted by molar-refractivity contribution is 6.31. The van der Waals surface area contributed by atoms with Crippen molar-refractivity contribution in [2.45, 2.75) is 19.3 Å². The molecule has 0 radical (unpaired) electrons. The summed E-state index contributed by atoms with van der Waals surface area (Å²) in [4.78, 5) is 0. The van der Waals surface area contributed by atoms with Crippen LogP contribution in [0.3, 0.4) is 0 Å². The zero-order valence-corrected chi connectivity index (χ0v) is 12.3. The highest BCUT2D eigenvalue weighted by Gasteiger charge is 2.07. The summed E-state index contributed by atoms with van der Waals surface area (Å²) in [5.74, 6) is 0.857. The molecule has 20 heavy (non-hydrogen) atoms. The molecule has 0 aliphatic rings. The molecule has 106 valence electrons. The van der Waals surface area contributed by atoms with E-state index in [-0.39, 0.29) is 0 Å². The fraction of sp³-hybridized carbons (Fsp3) is 0.294. The van der Waals surface area contributed by atoms with Crippen LogP contribution >= 0.6 is 11.6 Å². The molecule has 2 nitrogen and oxygen atoms in total. The molecule has 2 rings (SSSR count). The Kier molecular flexibility index (Phi) is 5.90. The lowest BCUT2D eigenvalue weighted by Crippen LogP contribution is -2.07. The number of rotatable bonds is 7. The summed E-state index contributed by atoms with van der Waals surface area (Å²) in [5, 5.41) is 0.732. The summed E-state index contributed by atoms with van der Waals surface area (Å²) >= 11 is 6.18. The van der Waals surface area contributed by atoms with Gasteiger partial charge in [-0.2, -0.15) is 0 Å². The molecule has 0 amide bonds. The maximum absolute atomic E-state index is 6.18. The Bertz CT molecular complexity index is 528. The van der Waals surface area contributed by atoms with Crippen LogP contribution in [-0.2, 0) is 12.8 Å². The van der Waals surface area contributed by atoms with Gasteiger partial charge in [0.15, 0.2) is 0 Å². The Hall–Kier alpha value is -1.51. The van der Waals surface area contributed by atoms with Crippen LogP contribution in [0.25, 0.3) is 0 Å². The summed E-state index contributed by atoms with van der Waals surface area (Å²) in [7, 11) is 0. The minimum Gasteiger partial charge on any atom is -0.493 e. The predicted octanol–water partition coefficient (Wildman–Crippen LogP) is 3.85. The van der Waals surface area contributed by atoms with Gasteiger partial charge in [0.1, 0.15) is 5.75 Å². The normalized spacial score (nSPS) is 10.5. The molecule has 0 spiro atoms. The highest BCUT2D eigenvalue weighted by atomic mass is 35.5. The molecule has 0 fully saturated rings. The van der Waals surface area contributed by atoms with Gasteiger partial charge < -0.3 is 10.5 Å². The third-order valence-electron chi connectivity index (χ3n) is 3.18. The van der Waals surface area contributed by atoms with E-state index in [0.717, 1.165) is 35.6 Å². The average molecular weight is 290 g/mol. The Balaban J connectivity index is 1.86. The molecule has 3 heteroatoms. The number of hydrogen-bond donors (Lipinski definition) is 1. The lowest BCUT2D eigenvalue weighted by atomic mass is 10.1. The number of aryl methyl sites for hydroxylation is 1. The molecule has 0 saturated carbocycles. The van der Waals surface area contributed by atoms with Crippen LogP contribution in [-0.4, -0.2) is 13.2 Å². The molecule has 2 N–H and O–H groups in total. The van der Waals surface area contributed by atoms with Gasteiger partial charge in [0.25, 0.3) is 0 Å². The van der Waals surface area contributed by atoms with Gasteiger partial charge in [-0.3, -0.25) is 0 Å². The molecule has 2 aromatic rings. The Morgan fingerprint density at radius 3 is 2.50 bits per heavy atom. The maximum Gasteiger partial charge on any atom is 0.124 e. The molecule has 0 heterocycles.